The monoisotopic (exact) mass is 289 g/mol. The second kappa shape index (κ2) is 4.55. The van der Waals surface area contributed by atoms with E-state index in [0.717, 1.165) is 0 Å². The summed E-state index contributed by atoms with van der Waals surface area (Å²) in [6.45, 7) is 1.55. The fraction of sp³-hybridized carbons (Fsp3) is 0.455. The molecule has 0 saturated heterocycles. The fourth-order valence-electron chi connectivity index (χ4n) is 1.96. The normalized spacial score (nSPS) is 18.1. The second-order valence-electron chi connectivity index (χ2n) is 4.25. The van der Waals surface area contributed by atoms with Crippen LogP contribution in [0.2, 0.25) is 0 Å². The van der Waals surface area contributed by atoms with Gasteiger partial charge in [-0.1, -0.05) is 0 Å². The van der Waals surface area contributed by atoms with Gasteiger partial charge in [0.1, 0.15) is 0 Å². The van der Waals surface area contributed by atoms with Crippen LogP contribution in [0.5, 0.6) is 0 Å². The Bertz CT molecular complexity index is 662. The summed E-state index contributed by atoms with van der Waals surface area (Å²) in [7, 11) is -6.51. The molecule has 0 saturated carbocycles. The first-order valence-electron chi connectivity index (χ1n) is 5.70. The van der Waals surface area contributed by atoms with Gasteiger partial charge >= 0.3 is 0 Å². The van der Waals surface area contributed by atoms with E-state index in [1.165, 1.54) is 12.1 Å². The van der Waals surface area contributed by atoms with E-state index in [9.17, 15) is 16.8 Å². The van der Waals surface area contributed by atoms with Crippen LogP contribution in [-0.2, 0) is 26.3 Å². The molecule has 0 amide bonds. The minimum atomic E-state index is -3.33. The van der Waals surface area contributed by atoms with Crippen LogP contribution in [0.3, 0.4) is 0 Å². The minimum Gasteiger partial charge on any atom is -0.284 e. The lowest BCUT2D eigenvalue weighted by Crippen LogP contribution is -2.18. The van der Waals surface area contributed by atoms with Gasteiger partial charge in [0.2, 0.25) is 10.0 Å². The van der Waals surface area contributed by atoms with Crippen molar-refractivity contribution in [1.82, 2.24) is 0 Å². The number of aryl methyl sites for hydroxylation is 1. The minimum absolute atomic E-state index is 0.0115. The van der Waals surface area contributed by atoms with Crippen molar-refractivity contribution in [3.63, 3.8) is 0 Å². The van der Waals surface area contributed by atoms with Gasteiger partial charge in [-0.25, -0.2) is 16.8 Å². The molecule has 0 radical (unpaired) electrons. The van der Waals surface area contributed by atoms with Gasteiger partial charge in [-0.05, 0) is 43.5 Å². The van der Waals surface area contributed by atoms with Crippen LogP contribution in [0.15, 0.2) is 23.1 Å². The molecule has 0 fully saturated rings. The Balaban J connectivity index is 2.40. The van der Waals surface area contributed by atoms with Crippen LogP contribution in [0, 0.1) is 0 Å². The van der Waals surface area contributed by atoms with Crippen LogP contribution in [0.1, 0.15) is 18.9 Å². The van der Waals surface area contributed by atoms with Gasteiger partial charge in [0.15, 0.2) is 9.84 Å². The first-order valence-corrected chi connectivity index (χ1v) is 9.01. The number of anilines is 1. The highest BCUT2D eigenvalue weighted by molar-refractivity contribution is 7.92. The van der Waals surface area contributed by atoms with Gasteiger partial charge < -0.3 is 0 Å². The van der Waals surface area contributed by atoms with Gasteiger partial charge in [0, 0.05) is 5.69 Å². The van der Waals surface area contributed by atoms with Crippen molar-refractivity contribution in [2.24, 2.45) is 0 Å². The Hall–Kier alpha value is -1.08. The number of fused-ring (bicyclic) bond motifs is 1. The third-order valence-electron chi connectivity index (χ3n) is 2.91. The molecule has 0 spiro atoms. The Morgan fingerprint density at radius 2 is 2.06 bits per heavy atom. The molecule has 7 heteroatoms. The molecule has 5 nitrogen and oxygen atoms in total. The SMILES string of the molecule is CCS(=O)(=O)Nc1ccc2c(c1)CCCS2(=O)=O. The zero-order valence-corrected chi connectivity index (χ0v) is 11.6. The summed E-state index contributed by atoms with van der Waals surface area (Å²) in [5.41, 5.74) is 1.12. The predicted octanol–water partition coefficient (Wildman–Crippen LogP) is 1.17. The summed E-state index contributed by atoms with van der Waals surface area (Å²) in [5, 5.41) is 0. The van der Waals surface area contributed by atoms with E-state index >= 15 is 0 Å². The van der Waals surface area contributed by atoms with Gasteiger partial charge in [-0.3, -0.25) is 4.72 Å². The summed E-state index contributed by atoms with van der Waals surface area (Å²) < 4.78 is 48.9. The van der Waals surface area contributed by atoms with Crippen molar-refractivity contribution in [3.05, 3.63) is 23.8 Å². The first-order chi connectivity index (χ1) is 8.34. The maximum atomic E-state index is 11.8. The topological polar surface area (TPSA) is 80.3 Å². The van der Waals surface area contributed by atoms with Crippen molar-refractivity contribution >= 4 is 25.5 Å². The Kier molecular flexibility index (Phi) is 3.37. The van der Waals surface area contributed by atoms with Crippen LogP contribution < -0.4 is 4.72 Å². The average Bonchev–Trinajstić information content (AvgIpc) is 2.28. The smallest absolute Gasteiger partial charge is 0.232 e. The highest BCUT2D eigenvalue weighted by atomic mass is 32.2. The molecule has 100 valence electrons. The lowest BCUT2D eigenvalue weighted by molar-refractivity contribution is 0.586. The number of sulfone groups is 1. The zero-order chi connectivity index (χ0) is 13.4. The standard InChI is InChI=1S/C11H15NO4S2/c1-2-18(15,16)12-10-5-6-11-9(8-10)4-3-7-17(11,13)14/h5-6,8,12H,2-4,7H2,1H3. The highest BCUT2D eigenvalue weighted by Gasteiger charge is 2.23. The number of rotatable bonds is 3. The van der Waals surface area contributed by atoms with Crippen molar-refractivity contribution in [2.45, 2.75) is 24.7 Å². The molecule has 1 N–H and O–H groups in total. The van der Waals surface area contributed by atoms with E-state index in [2.05, 4.69) is 4.72 Å². The zero-order valence-electron chi connectivity index (χ0n) is 10.0. The third kappa shape index (κ3) is 2.67. The summed E-state index contributed by atoms with van der Waals surface area (Å²) >= 11 is 0. The molecule has 0 aromatic heterocycles. The Morgan fingerprint density at radius 1 is 1.33 bits per heavy atom. The van der Waals surface area contributed by atoms with E-state index in [4.69, 9.17) is 0 Å². The molecular weight excluding hydrogens is 274 g/mol. The molecule has 1 aliphatic heterocycles. The molecule has 1 aliphatic rings. The quantitative estimate of drug-likeness (QED) is 0.905. The Morgan fingerprint density at radius 3 is 2.72 bits per heavy atom. The van der Waals surface area contributed by atoms with Gasteiger partial charge in [0.05, 0.1) is 16.4 Å². The van der Waals surface area contributed by atoms with E-state index < -0.39 is 19.9 Å². The van der Waals surface area contributed by atoms with Gasteiger partial charge in [-0.2, -0.15) is 0 Å². The summed E-state index contributed by atoms with van der Waals surface area (Å²) in [6.07, 6.45) is 1.25. The highest BCUT2D eigenvalue weighted by Crippen LogP contribution is 2.27. The van der Waals surface area contributed by atoms with Crippen molar-refractivity contribution < 1.29 is 16.8 Å². The lowest BCUT2D eigenvalue weighted by atomic mass is 10.1. The van der Waals surface area contributed by atoms with Crippen molar-refractivity contribution in [2.75, 3.05) is 16.2 Å². The van der Waals surface area contributed by atoms with E-state index in [1.54, 1.807) is 13.0 Å². The molecule has 0 aliphatic carbocycles. The van der Waals surface area contributed by atoms with Crippen LogP contribution in [-0.4, -0.2) is 28.3 Å². The third-order valence-corrected chi connectivity index (χ3v) is 6.11. The molecule has 1 heterocycles. The number of nitrogens with one attached hydrogen (secondary N) is 1. The first kappa shape index (κ1) is 13.4. The molecule has 0 unspecified atom stereocenters. The second-order valence-corrected chi connectivity index (χ2v) is 8.34. The number of hydrogen-bond acceptors (Lipinski definition) is 4. The van der Waals surface area contributed by atoms with E-state index in [0.29, 0.717) is 29.0 Å². The van der Waals surface area contributed by atoms with Crippen molar-refractivity contribution in [3.8, 4) is 0 Å². The number of hydrogen-bond donors (Lipinski definition) is 1. The number of benzene rings is 1. The van der Waals surface area contributed by atoms with Crippen LogP contribution >= 0.6 is 0 Å². The van der Waals surface area contributed by atoms with Gasteiger partial charge in [-0.15, -0.1) is 0 Å². The summed E-state index contributed by atoms with van der Waals surface area (Å²) in [5.74, 6) is 0.155. The predicted molar refractivity (Wildman–Crippen MR) is 69.9 cm³/mol. The molecule has 0 atom stereocenters. The summed E-state index contributed by atoms with van der Waals surface area (Å²) in [4.78, 5) is 0.327. The number of sulfonamides is 1. The molecule has 18 heavy (non-hydrogen) atoms. The lowest BCUT2D eigenvalue weighted by Gasteiger charge is -2.17. The van der Waals surface area contributed by atoms with Crippen LogP contribution in [0.4, 0.5) is 5.69 Å². The summed E-state index contributed by atoms with van der Waals surface area (Å²) in [6, 6.07) is 4.59. The van der Waals surface area contributed by atoms with Crippen LogP contribution in [0.25, 0.3) is 0 Å². The molecular formula is C11H15NO4S2. The molecule has 1 aromatic rings. The van der Waals surface area contributed by atoms with E-state index in [1.807, 2.05) is 0 Å². The largest absolute Gasteiger partial charge is 0.284 e. The molecule has 0 bridgehead atoms. The maximum absolute atomic E-state index is 11.8. The Labute approximate surface area is 107 Å². The average molecular weight is 289 g/mol. The van der Waals surface area contributed by atoms with Gasteiger partial charge in [0.25, 0.3) is 0 Å². The fourth-order valence-corrected chi connectivity index (χ4v) is 4.17. The molecule has 2 rings (SSSR count). The molecule has 1 aromatic carbocycles. The maximum Gasteiger partial charge on any atom is 0.232 e. The van der Waals surface area contributed by atoms with E-state index in [-0.39, 0.29) is 11.5 Å². The van der Waals surface area contributed by atoms with Crippen molar-refractivity contribution in [1.29, 1.82) is 0 Å².